The van der Waals surface area contributed by atoms with Crippen LogP contribution in [0.25, 0.3) is 0 Å². The van der Waals surface area contributed by atoms with Crippen LogP contribution in [0.4, 0.5) is 5.82 Å². The van der Waals surface area contributed by atoms with Gasteiger partial charge in [0.05, 0.1) is 0 Å². The first-order valence-corrected chi connectivity index (χ1v) is 6.65. The van der Waals surface area contributed by atoms with Gasteiger partial charge in [-0.2, -0.15) is 0 Å². The first-order chi connectivity index (χ1) is 8.54. The van der Waals surface area contributed by atoms with Gasteiger partial charge in [0.1, 0.15) is 11.6 Å². The summed E-state index contributed by atoms with van der Waals surface area (Å²) in [5, 5.41) is 3.34. The third-order valence-corrected chi connectivity index (χ3v) is 3.23. The van der Waals surface area contributed by atoms with E-state index in [-0.39, 0.29) is 0 Å². The number of nitrogens with one attached hydrogen (secondary N) is 1. The SMILES string of the molecule is Cc1cc(NCc2cc(Br)ccc2C)nc(C)n1. The highest BCUT2D eigenvalue weighted by molar-refractivity contribution is 9.10. The minimum atomic E-state index is 0.765. The predicted molar refractivity (Wildman–Crippen MR) is 77.7 cm³/mol. The molecule has 1 aromatic heterocycles. The maximum atomic E-state index is 4.37. The zero-order chi connectivity index (χ0) is 13.1. The van der Waals surface area contributed by atoms with Crippen molar-refractivity contribution in [2.24, 2.45) is 0 Å². The Labute approximate surface area is 116 Å². The summed E-state index contributed by atoms with van der Waals surface area (Å²) in [5.74, 6) is 1.67. The van der Waals surface area contributed by atoms with Crippen molar-refractivity contribution in [3.63, 3.8) is 0 Å². The van der Waals surface area contributed by atoms with E-state index in [1.165, 1.54) is 11.1 Å². The Hall–Kier alpha value is -1.42. The molecule has 18 heavy (non-hydrogen) atoms. The summed E-state index contributed by atoms with van der Waals surface area (Å²) < 4.78 is 1.10. The van der Waals surface area contributed by atoms with Gasteiger partial charge in [0.15, 0.2) is 0 Å². The summed E-state index contributed by atoms with van der Waals surface area (Å²) in [7, 11) is 0. The molecule has 0 aliphatic carbocycles. The van der Waals surface area contributed by atoms with Gasteiger partial charge in [-0.15, -0.1) is 0 Å². The van der Waals surface area contributed by atoms with Crippen molar-refractivity contribution in [2.45, 2.75) is 27.3 Å². The van der Waals surface area contributed by atoms with Crippen LogP contribution >= 0.6 is 15.9 Å². The topological polar surface area (TPSA) is 37.8 Å². The fourth-order valence-electron chi connectivity index (χ4n) is 1.82. The van der Waals surface area contributed by atoms with Crippen LogP contribution < -0.4 is 5.32 Å². The molecule has 4 heteroatoms. The first-order valence-electron chi connectivity index (χ1n) is 5.86. The minimum absolute atomic E-state index is 0.765. The lowest BCUT2D eigenvalue weighted by atomic mass is 10.1. The number of hydrogen-bond acceptors (Lipinski definition) is 3. The molecule has 0 amide bonds. The molecule has 0 spiro atoms. The molecule has 0 atom stereocenters. The van der Waals surface area contributed by atoms with Crippen LogP contribution in [-0.2, 0) is 6.54 Å². The van der Waals surface area contributed by atoms with Crippen molar-refractivity contribution < 1.29 is 0 Å². The first kappa shape index (κ1) is 13.0. The van der Waals surface area contributed by atoms with Crippen LogP contribution in [-0.4, -0.2) is 9.97 Å². The molecule has 0 saturated heterocycles. The minimum Gasteiger partial charge on any atom is -0.366 e. The second-order valence-electron chi connectivity index (χ2n) is 4.37. The van der Waals surface area contributed by atoms with E-state index in [9.17, 15) is 0 Å². The molecule has 0 bridgehead atoms. The number of benzene rings is 1. The smallest absolute Gasteiger partial charge is 0.130 e. The van der Waals surface area contributed by atoms with E-state index < -0.39 is 0 Å². The van der Waals surface area contributed by atoms with E-state index >= 15 is 0 Å². The molecule has 2 aromatic rings. The van der Waals surface area contributed by atoms with Crippen molar-refractivity contribution in [2.75, 3.05) is 5.32 Å². The van der Waals surface area contributed by atoms with Gasteiger partial charge in [0.25, 0.3) is 0 Å². The lowest BCUT2D eigenvalue weighted by Gasteiger charge is -2.10. The number of aromatic nitrogens is 2. The second kappa shape index (κ2) is 5.48. The highest BCUT2D eigenvalue weighted by Crippen LogP contribution is 2.17. The maximum Gasteiger partial charge on any atom is 0.130 e. The molecule has 2 rings (SSSR count). The highest BCUT2D eigenvalue weighted by atomic mass is 79.9. The van der Waals surface area contributed by atoms with Crippen molar-refractivity contribution >= 4 is 21.7 Å². The lowest BCUT2D eigenvalue weighted by molar-refractivity contribution is 0.989. The Bertz CT molecular complexity index is 547. The second-order valence-corrected chi connectivity index (χ2v) is 5.28. The number of hydrogen-bond donors (Lipinski definition) is 1. The standard InChI is InChI=1S/C14H16BrN3/c1-9-4-5-13(15)7-12(9)8-16-14-6-10(2)17-11(3)18-14/h4-7H,8H2,1-3H3,(H,16,17,18). The molecular formula is C14H16BrN3. The Morgan fingerprint density at radius 1 is 1.11 bits per heavy atom. The summed E-state index contributed by atoms with van der Waals surface area (Å²) in [6.45, 7) is 6.76. The van der Waals surface area contributed by atoms with Crippen LogP contribution in [0.1, 0.15) is 22.6 Å². The monoisotopic (exact) mass is 305 g/mol. The average molecular weight is 306 g/mol. The number of nitrogens with zero attached hydrogens (tertiary/aromatic N) is 2. The Morgan fingerprint density at radius 3 is 2.61 bits per heavy atom. The number of aryl methyl sites for hydroxylation is 3. The van der Waals surface area contributed by atoms with Gasteiger partial charge in [-0.05, 0) is 44.0 Å². The zero-order valence-corrected chi connectivity index (χ0v) is 12.4. The van der Waals surface area contributed by atoms with E-state index in [0.29, 0.717) is 0 Å². The number of rotatable bonds is 3. The van der Waals surface area contributed by atoms with Crippen LogP contribution in [0.3, 0.4) is 0 Å². The van der Waals surface area contributed by atoms with Crippen molar-refractivity contribution in [1.82, 2.24) is 9.97 Å². The fraction of sp³-hybridized carbons (Fsp3) is 0.286. The third-order valence-electron chi connectivity index (χ3n) is 2.74. The van der Waals surface area contributed by atoms with Gasteiger partial charge in [0.2, 0.25) is 0 Å². The van der Waals surface area contributed by atoms with Crippen LogP contribution in [0.5, 0.6) is 0 Å². The van der Waals surface area contributed by atoms with Gasteiger partial charge in [-0.3, -0.25) is 0 Å². The molecule has 0 radical (unpaired) electrons. The summed E-state index contributed by atoms with van der Waals surface area (Å²) in [4.78, 5) is 8.63. The zero-order valence-electron chi connectivity index (χ0n) is 10.8. The van der Waals surface area contributed by atoms with Crippen molar-refractivity contribution in [3.05, 3.63) is 51.4 Å². The molecule has 1 heterocycles. The molecule has 1 N–H and O–H groups in total. The molecule has 0 unspecified atom stereocenters. The van der Waals surface area contributed by atoms with Gasteiger partial charge in [-0.1, -0.05) is 22.0 Å². The molecule has 1 aromatic carbocycles. The van der Waals surface area contributed by atoms with Crippen LogP contribution in [0.2, 0.25) is 0 Å². The number of anilines is 1. The molecule has 0 saturated carbocycles. The third kappa shape index (κ3) is 3.29. The van der Waals surface area contributed by atoms with Crippen LogP contribution in [0.15, 0.2) is 28.7 Å². The van der Waals surface area contributed by atoms with Crippen LogP contribution in [0, 0.1) is 20.8 Å². The Morgan fingerprint density at radius 2 is 1.89 bits per heavy atom. The molecule has 94 valence electrons. The summed E-state index contributed by atoms with van der Waals surface area (Å²) in [6.07, 6.45) is 0. The van der Waals surface area contributed by atoms with Gasteiger partial charge in [0, 0.05) is 22.8 Å². The van der Waals surface area contributed by atoms with E-state index in [0.717, 1.165) is 28.4 Å². The van der Waals surface area contributed by atoms with E-state index in [4.69, 9.17) is 0 Å². The number of halogens is 1. The van der Waals surface area contributed by atoms with Gasteiger partial charge in [-0.25, -0.2) is 9.97 Å². The van der Waals surface area contributed by atoms with Gasteiger partial charge >= 0.3 is 0 Å². The largest absolute Gasteiger partial charge is 0.366 e. The molecule has 0 aliphatic rings. The summed E-state index contributed by atoms with van der Waals surface area (Å²) in [5.41, 5.74) is 3.52. The molecule has 0 fully saturated rings. The van der Waals surface area contributed by atoms with Gasteiger partial charge < -0.3 is 5.32 Å². The summed E-state index contributed by atoms with van der Waals surface area (Å²) >= 11 is 3.49. The highest BCUT2D eigenvalue weighted by Gasteiger charge is 2.02. The quantitative estimate of drug-likeness (QED) is 0.938. The molecule has 3 nitrogen and oxygen atoms in total. The Balaban J connectivity index is 2.13. The summed E-state index contributed by atoms with van der Waals surface area (Å²) in [6, 6.07) is 8.25. The lowest BCUT2D eigenvalue weighted by Crippen LogP contribution is -2.05. The Kier molecular flexibility index (Phi) is 3.97. The molecular weight excluding hydrogens is 290 g/mol. The van der Waals surface area contributed by atoms with Crippen molar-refractivity contribution in [3.8, 4) is 0 Å². The predicted octanol–water partition coefficient (Wildman–Crippen LogP) is 3.78. The maximum absolute atomic E-state index is 4.37. The fourth-order valence-corrected chi connectivity index (χ4v) is 2.23. The van der Waals surface area contributed by atoms with E-state index in [1.807, 2.05) is 19.9 Å². The average Bonchev–Trinajstić information content (AvgIpc) is 2.29. The normalized spacial score (nSPS) is 10.4. The molecule has 0 aliphatic heterocycles. The van der Waals surface area contributed by atoms with E-state index in [1.54, 1.807) is 0 Å². The van der Waals surface area contributed by atoms with Crippen molar-refractivity contribution in [1.29, 1.82) is 0 Å². The van der Waals surface area contributed by atoms with E-state index in [2.05, 4.69) is 56.3 Å².